The van der Waals surface area contributed by atoms with E-state index in [1.54, 1.807) is 54.5 Å². The van der Waals surface area contributed by atoms with Crippen LogP contribution in [0.2, 0.25) is 0 Å². The molecule has 4 N–H and O–H groups in total. The molecule has 2 aliphatic rings. The van der Waals surface area contributed by atoms with Crippen LogP contribution in [0, 0.1) is 35.5 Å². The van der Waals surface area contributed by atoms with E-state index < -0.39 is 161 Å². The van der Waals surface area contributed by atoms with E-state index in [1.165, 1.54) is 109 Å². The van der Waals surface area contributed by atoms with Gasteiger partial charge in [0, 0.05) is 61.1 Å². The van der Waals surface area contributed by atoms with Crippen molar-refractivity contribution in [3.8, 4) is 0 Å². The first-order chi connectivity index (χ1) is 43.7. The van der Waals surface area contributed by atoms with E-state index >= 15 is 28.8 Å². The summed E-state index contributed by atoms with van der Waals surface area (Å²) in [6, 6.07) is -14.0. The van der Waals surface area contributed by atoms with Crippen LogP contribution in [0.5, 0.6) is 0 Å². The van der Waals surface area contributed by atoms with Crippen molar-refractivity contribution in [3.63, 3.8) is 0 Å². The second kappa shape index (κ2) is 38.8. The SMILES string of the molecule is CC=CC[C@@H](C)[C@@H](O)[C@@H]1C(=O)N[C@H](CC)C(=O)N(C)[C@H](CSCCCN(CC)CC)C(=O)N(C)[C@@H](CC(C)C)C(=O)N[C@H](C(C)C)C(=O)N(C)[C@@H]2CC(C)N(C2=O)[C@H](C)C(=O)N[C@@H](C)C(=O)N(C)[C@H](CC(C)C)C(=O)N(C)[C@H](CC(C)C)C(=O)N(C)[C@H](C(C)C)C(=O)N1C. The molecule has 0 radical (unpaired) electrons. The van der Waals surface area contributed by atoms with Crippen LogP contribution >= 0.6 is 11.8 Å². The lowest BCUT2D eigenvalue weighted by Crippen LogP contribution is -2.64. The summed E-state index contributed by atoms with van der Waals surface area (Å²) in [4.78, 5) is 177. The Labute approximate surface area is 568 Å². The van der Waals surface area contributed by atoms with Crippen molar-refractivity contribution >= 4 is 76.7 Å². The fourth-order valence-electron chi connectivity index (χ4n) is 12.8. The van der Waals surface area contributed by atoms with Crippen LogP contribution in [0.15, 0.2) is 12.2 Å². The van der Waals surface area contributed by atoms with E-state index in [2.05, 4.69) is 34.7 Å². The van der Waals surface area contributed by atoms with Crippen LogP contribution < -0.4 is 16.0 Å². The number of likely N-dealkylation sites (N-methyl/N-ethyl adjacent to an activating group) is 7. The topological polar surface area (TPSA) is 273 Å². The van der Waals surface area contributed by atoms with Gasteiger partial charge in [-0.25, -0.2) is 0 Å². The molecule has 94 heavy (non-hydrogen) atoms. The van der Waals surface area contributed by atoms with E-state index in [1.807, 2.05) is 54.5 Å². The Kier molecular flexibility index (Phi) is 34.8. The second-order valence-corrected chi connectivity index (χ2v) is 29.6. The minimum atomic E-state index is -1.63. The van der Waals surface area contributed by atoms with Crippen LogP contribution in [0.25, 0.3) is 0 Å². The number of aliphatic hydroxyl groups excluding tert-OH is 1. The van der Waals surface area contributed by atoms with Crippen molar-refractivity contribution in [2.24, 2.45) is 35.5 Å². The third-order valence-electron chi connectivity index (χ3n) is 18.9. The number of nitrogens with zero attached hydrogens (tertiary/aromatic N) is 9. The van der Waals surface area contributed by atoms with Crippen LogP contribution in [-0.4, -0.2) is 273 Å². The van der Waals surface area contributed by atoms with Crippen LogP contribution in [0.3, 0.4) is 0 Å². The number of fused-ring (bicyclic) bond motifs is 2. The van der Waals surface area contributed by atoms with E-state index in [4.69, 9.17) is 0 Å². The van der Waals surface area contributed by atoms with Crippen molar-refractivity contribution in [2.45, 2.75) is 248 Å². The molecule has 2 saturated heterocycles. The van der Waals surface area contributed by atoms with Crippen LogP contribution in [0.1, 0.15) is 170 Å². The summed E-state index contributed by atoms with van der Waals surface area (Å²) >= 11 is 1.47. The van der Waals surface area contributed by atoms with E-state index in [9.17, 15) is 29.1 Å². The summed E-state index contributed by atoms with van der Waals surface area (Å²) < 4.78 is 0. The van der Waals surface area contributed by atoms with E-state index in [-0.39, 0.29) is 55.6 Å². The lowest BCUT2D eigenvalue weighted by atomic mass is 9.91. The van der Waals surface area contributed by atoms with Crippen molar-refractivity contribution in [3.05, 3.63) is 12.2 Å². The zero-order valence-electron chi connectivity index (χ0n) is 62.0. The third kappa shape index (κ3) is 22.1. The summed E-state index contributed by atoms with van der Waals surface area (Å²) in [6.07, 6.45) is 3.81. The van der Waals surface area contributed by atoms with Gasteiger partial charge in [0.2, 0.25) is 65.0 Å². The molecule has 0 aromatic heterocycles. The molecule has 2 fully saturated rings. The predicted molar refractivity (Wildman–Crippen MR) is 370 cm³/mol. The molecule has 2 aliphatic heterocycles. The Bertz CT molecular complexity index is 2580. The van der Waals surface area contributed by atoms with Crippen molar-refractivity contribution in [2.75, 3.05) is 80.5 Å². The zero-order valence-corrected chi connectivity index (χ0v) is 62.8. The monoisotopic (exact) mass is 1340 g/mol. The fraction of sp³-hybridized carbons (Fsp3) is 0.812. The first-order valence-corrected chi connectivity index (χ1v) is 35.6. The fourth-order valence-corrected chi connectivity index (χ4v) is 13.9. The number of nitrogens with one attached hydrogen (secondary N) is 3. The molecular formula is C69H124N12O12S. The van der Waals surface area contributed by atoms with Gasteiger partial charge in [-0.05, 0) is 134 Å². The smallest absolute Gasteiger partial charge is 0.246 e. The van der Waals surface area contributed by atoms with Gasteiger partial charge in [-0.1, -0.05) is 109 Å². The molecule has 2 rings (SSSR count). The summed E-state index contributed by atoms with van der Waals surface area (Å²) in [7, 11) is 10.2. The minimum absolute atomic E-state index is 0.0164. The van der Waals surface area contributed by atoms with E-state index in [0.717, 1.165) is 31.0 Å². The third-order valence-corrected chi connectivity index (χ3v) is 20.1. The Balaban J connectivity index is 3.09. The highest BCUT2D eigenvalue weighted by Crippen LogP contribution is 2.29. The van der Waals surface area contributed by atoms with Gasteiger partial charge in [-0.3, -0.25) is 52.7 Å². The maximum absolute atomic E-state index is 15.4. The molecule has 1 unspecified atom stereocenters. The number of hydrogen-bond donors (Lipinski definition) is 4. The molecule has 25 heteroatoms. The zero-order chi connectivity index (χ0) is 72.2. The van der Waals surface area contributed by atoms with Crippen LogP contribution in [-0.2, 0) is 52.7 Å². The molecule has 2 heterocycles. The number of amides is 11. The summed E-state index contributed by atoms with van der Waals surface area (Å²) in [6.45, 7) is 35.0. The summed E-state index contributed by atoms with van der Waals surface area (Å²) in [5.41, 5.74) is 0. The first-order valence-electron chi connectivity index (χ1n) is 34.4. The molecule has 11 amide bonds. The van der Waals surface area contributed by atoms with Gasteiger partial charge in [0.05, 0.1) is 6.10 Å². The highest BCUT2D eigenvalue weighted by Gasteiger charge is 2.49. The molecule has 2 bridgehead atoms. The lowest BCUT2D eigenvalue weighted by molar-refractivity contribution is -0.157. The molecule has 14 atom stereocenters. The summed E-state index contributed by atoms with van der Waals surface area (Å²) in [5, 5.41) is 20.9. The predicted octanol–water partition coefficient (Wildman–Crippen LogP) is 4.56. The number of rotatable bonds is 21. The quantitative estimate of drug-likeness (QED) is 0.0907. The second-order valence-electron chi connectivity index (χ2n) is 28.4. The lowest BCUT2D eigenvalue weighted by Gasteiger charge is -2.41. The average Bonchev–Trinajstić information content (AvgIpc) is 1.49. The molecule has 0 aliphatic carbocycles. The first kappa shape index (κ1) is 84.3. The van der Waals surface area contributed by atoms with Crippen molar-refractivity contribution in [1.82, 2.24) is 60.0 Å². The molecule has 0 spiro atoms. The standard InChI is InChI=1S/C69H124N12O12S/c1-26-30-32-45(15)58(82)57-61(85)71-49(27-2)63(87)77(23)54(39-94-34-31-33-80(28-3)29-4)66(90)73(19)50(35-40(5)6)60(84)72-55(43(11)12)68(92)76(22)53-38-46(16)81(67(53)91)48(18)59(83)70-47(17)62(86)74(20)51(36-41(7)8)64(88)75(21)52(37-42(9)10)65(89)78(24)56(44(13)14)69(93)79(57)25/h26,30,40-58,82H,27-29,31-39H2,1-25H3,(H,70,83)(H,71,85)(H,72,84)/t45-,46?,47+,48-,49-,50+,51-,52-,53-,54-,55-,56-,57-,58-/m1/s1. The van der Waals surface area contributed by atoms with Gasteiger partial charge in [-0.15, -0.1) is 0 Å². The number of allylic oxidation sites excluding steroid dienone is 2. The van der Waals surface area contributed by atoms with E-state index in [0.29, 0.717) is 12.2 Å². The van der Waals surface area contributed by atoms with Gasteiger partial charge in [0.15, 0.2) is 0 Å². The largest absolute Gasteiger partial charge is 0.390 e. The van der Waals surface area contributed by atoms with Gasteiger partial charge >= 0.3 is 0 Å². The number of aliphatic hydroxyl groups is 1. The molecule has 0 saturated carbocycles. The molecule has 538 valence electrons. The van der Waals surface area contributed by atoms with Gasteiger partial charge in [0.1, 0.15) is 66.5 Å². The number of thioether (sulfide) groups is 1. The Morgan fingerprint density at radius 2 is 1.01 bits per heavy atom. The van der Waals surface area contributed by atoms with Gasteiger partial charge < -0.3 is 65.2 Å². The Hall–Kier alpha value is -5.82. The average molecular weight is 1350 g/mol. The maximum atomic E-state index is 15.4. The van der Waals surface area contributed by atoms with Crippen LogP contribution in [0.4, 0.5) is 0 Å². The number of hydrogen-bond acceptors (Lipinski definition) is 14. The van der Waals surface area contributed by atoms with Crippen molar-refractivity contribution in [1.29, 1.82) is 0 Å². The normalized spacial score (nSPS) is 27.6. The molecule has 0 aromatic carbocycles. The number of carbonyl (C=O) groups is 11. The molecule has 0 aromatic rings. The number of carbonyl (C=O) groups excluding carboxylic acids is 11. The summed E-state index contributed by atoms with van der Waals surface area (Å²) in [5.74, 6) is -8.47. The maximum Gasteiger partial charge on any atom is 0.246 e. The Morgan fingerprint density at radius 3 is 1.50 bits per heavy atom. The molecular weight excluding hydrogens is 1220 g/mol. The highest BCUT2D eigenvalue weighted by atomic mass is 32.2. The minimum Gasteiger partial charge on any atom is -0.390 e. The van der Waals surface area contributed by atoms with Gasteiger partial charge in [-0.2, -0.15) is 11.8 Å². The highest BCUT2D eigenvalue weighted by molar-refractivity contribution is 7.99. The molecule has 24 nitrogen and oxygen atoms in total. The van der Waals surface area contributed by atoms with Crippen molar-refractivity contribution < 1.29 is 57.8 Å². The van der Waals surface area contributed by atoms with Gasteiger partial charge in [0.25, 0.3) is 0 Å². The Morgan fingerprint density at radius 1 is 0.532 bits per heavy atom.